The van der Waals surface area contributed by atoms with Crippen LogP contribution in [-0.4, -0.2) is 35.6 Å². The fourth-order valence-electron chi connectivity index (χ4n) is 2.82. The largest absolute Gasteiger partial charge is 0.447 e. The Morgan fingerprint density at radius 1 is 1.25 bits per heavy atom. The summed E-state index contributed by atoms with van der Waals surface area (Å²) in [4.78, 5) is 25.5. The molecule has 3 rings (SSSR count). The van der Waals surface area contributed by atoms with E-state index in [0.717, 1.165) is 11.1 Å². The zero-order valence-corrected chi connectivity index (χ0v) is 11.8. The smallest absolute Gasteiger partial charge is 0.417 e. The van der Waals surface area contributed by atoms with Gasteiger partial charge < -0.3 is 4.74 Å². The van der Waals surface area contributed by atoms with Crippen molar-refractivity contribution in [1.82, 2.24) is 10.2 Å². The van der Waals surface area contributed by atoms with Gasteiger partial charge in [-0.15, -0.1) is 0 Å². The quantitative estimate of drug-likeness (QED) is 0.846. The molecule has 1 N–H and O–H groups in total. The number of aryl methyl sites for hydroxylation is 2. The number of nitrogens with one attached hydrogen (secondary N) is 1. The van der Waals surface area contributed by atoms with E-state index in [-0.39, 0.29) is 24.6 Å². The van der Waals surface area contributed by atoms with E-state index in [0.29, 0.717) is 0 Å². The molecule has 2 aliphatic rings. The minimum atomic E-state index is -0.526. The predicted octanol–water partition coefficient (Wildman–Crippen LogP) is 1.68. The summed E-state index contributed by atoms with van der Waals surface area (Å²) in [5, 5.41) is 3.30. The lowest BCUT2D eigenvalue weighted by atomic mass is 9.95. The molecule has 1 aromatic rings. The highest BCUT2D eigenvalue weighted by Crippen LogP contribution is 2.29. The van der Waals surface area contributed by atoms with Crippen molar-refractivity contribution >= 4 is 12.0 Å². The molecule has 2 aliphatic heterocycles. The number of rotatable bonds is 1. The summed E-state index contributed by atoms with van der Waals surface area (Å²) in [6, 6.07) is 5.28. The second-order valence-corrected chi connectivity index (χ2v) is 5.58. The first-order chi connectivity index (χ1) is 9.49. The fourth-order valence-corrected chi connectivity index (χ4v) is 2.82. The maximum atomic E-state index is 12.5. The van der Waals surface area contributed by atoms with Crippen molar-refractivity contribution in [3.05, 3.63) is 34.9 Å². The van der Waals surface area contributed by atoms with E-state index in [1.807, 2.05) is 39.0 Å². The molecule has 5 nitrogen and oxygen atoms in total. The van der Waals surface area contributed by atoms with Gasteiger partial charge in [-0.3, -0.25) is 10.1 Å². The Morgan fingerprint density at radius 3 is 2.70 bits per heavy atom. The maximum absolute atomic E-state index is 12.5. The van der Waals surface area contributed by atoms with Gasteiger partial charge in [0, 0.05) is 6.04 Å². The highest BCUT2D eigenvalue weighted by Gasteiger charge is 2.48. The van der Waals surface area contributed by atoms with Crippen LogP contribution in [0.2, 0.25) is 0 Å². The number of carbonyl (C=O) groups excluding carboxylic acids is 2. The molecule has 2 heterocycles. The third-order valence-electron chi connectivity index (χ3n) is 4.26. The minimum Gasteiger partial charge on any atom is -0.447 e. The molecule has 1 unspecified atom stereocenters. The number of carbonyl (C=O) groups is 2. The molecule has 0 aromatic heterocycles. The number of benzene rings is 1. The van der Waals surface area contributed by atoms with Crippen LogP contribution in [0.3, 0.4) is 0 Å². The molecule has 0 spiro atoms. The van der Waals surface area contributed by atoms with E-state index in [1.165, 1.54) is 10.5 Å². The lowest BCUT2D eigenvalue weighted by Crippen LogP contribution is -2.59. The highest BCUT2D eigenvalue weighted by molar-refractivity contribution is 5.97. The molecule has 0 saturated carbocycles. The lowest BCUT2D eigenvalue weighted by molar-refractivity contribution is -0.135. The lowest BCUT2D eigenvalue weighted by Gasteiger charge is -2.37. The standard InChI is InChI=1S/C15H18N2O3/c1-8-4-5-11(6-9(8)2)13-14(18)17-12(10(3)16-13)7-20-15(17)19/h4-6,10,12-13,16H,7H2,1-3H3/t10?,12-,13+/m1/s1. The van der Waals surface area contributed by atoms with E-state index in [2.05, 4.69) is 5.32 Å². The van der Waals surface area contributed by atoms with Crippen molar-refractivity contribution in [2.75, 3.05) is 6.61 Å². The van der Waals surface area contributed by atoms with Crippen molar-refractivity contribution in [2.45, 2.75) is 38.9 Å². The zero-order valence-electron chi connectivity index (χ0n) is 11.8. The van der Waals surface area contributed by atoms with Crippen LogP contribution < -0.4 is 5.32 Å². The summed E-state index contributed by atoms with van der Waals surface area (Å²) in [7, 11) is 0. The van der Waals surface area contributed by atoms with Gasteiger partial charge in [-0.1, -0.05) is 18.2 Å². The van der Waals surface area contributed by atoms with Crippen LogP contribution in [0.15, 0.2) is 18.2 Å². The van der Waals surface area contributed by atoms with Crippen LogP contribution in [0.1, 0.15) is 29.7 Å². The first-order valence-electron chi connectivity index (χ1n) is 6.82. The molecule has 2 saturated heterocycles. The molecule has 5 heteroatoms. The molecule has 0 radical (unpaired) electrons. The molecular weight excluding hydrogens is 256 g/mol. The Hall–Kier alpha value is -1.88. The van der Waals surface area contributed by atoms with Crippen molar-refractivity contribution in [1.29, 1.82) is 0 Å². The first-order valence-corrected chi connectivity index (χ1v) is 6.82. The van der Waals surface area contributed by atoms with E-state index >= 15 is 0 Å². The number of cyclic esters (lactones) is 1. The number of fused-ring (bicyclic) bond motifs is 1. The van der Waals surface area contributed by atoms with Gasteiger partial charge in [0.2, 0.25) is 0 Å². The van der Waals surface area contributed by atoms with E-state index in [4.69, 9.17) is 4.74 Å². The number of amides is 2. The Kier molecular flexibility index (Phi) is 3.01. The predicted molar refractivity (Wildman–Crippen MR) is 73.2 cm³/mol. The van der Waals surface area contributed by atoms with E-state index in [1.54, 1.807) is 0 Å². The van der Waals surface area contributed by atoms with Gasteiger partial charge in [0.05, 0.1) is 6.04 Å². The number of nitrogens with zero attached hydrogens (tertiary/aromatic N) is 1. The monoisotopic (exact) mass is 274 g/mol. The molecule has 106 valence electrons. The van der Waals surface area contributed by atoms with Crippen LogP contribution >= 0.6 is 0 Å². The molecule has 20 heavy (non-hydrogen) atoms. The second kappa shape index (κ2) is 4.59. The molecule has 0 aliphatic carbocycles. The SMILES string of the molecule is Cc1ccc([C@@H]2NC(C)[C@H]3COC(=O)N3C2=O)cc1C. The van der Waals surface area contributed by atoms with Crippen LogP contribution in [0, 0.1) is 13.8 Å². The Bertz CT molecular complexity index is 584. The van der Waals surface area contributed by atoms with Gasteiger partial charge in [0.1, 0.15) is 12.6 Å². The molecule has 1 aromatic carbocycles. The third-order valence-corrected chi connectivity index (χ3v) is 4.26. The molecule has 2 fully saturated rings. The Labute approximate surface area is 117 Å². The van der Waals surface area contributed by atoms with Gasteiger partial charge in [-0.25, -0.2) is 9.69 Å². The second-order valence-electron chi connectivity index (χ2n) is 5.58. The van der Waals surface area contributed by atoms with Crippen molar-refractivity contribution in [3.63, 3.8) is 0 Å². The molecular formula is C15H18N2O3. The number of imide groups is 1. The Balaban J connectivity index is 1.95. The third kappa shape index (κ3) is 1.89. The summed E-state index contributed by atoms with van der Waals surface area (Å²) in [5.41, 5.74) is 3.21. The van der Waals surface area contributed by atoms with Crippen molar-refractivity contribution in [2.24, 2.45) is 0 Å². The first kappa shape index (κ1) is 13.1. The van der Waals surface area contributed by atoms with Gasteiger partial charge in [0.15, 0.2) is 0 Å². The average molecular weight is 274 g/mol. The summed E-state index contributed by atoms with van der Waals surface area (Å²) in [6.07, 6.45) is -0.526. The molecule has 3 atom stereocenters. The van der Waals surface area contributed by atoms with Crippen molar-refractivity contribution < 1.29 is 14.3 Å². The van der Waals surface area contributed by atoms with E-state index in [9.17, 15) is 9.59 Å². The van der Waals surface area contributed by atoms with Crippen LogP contribution in [0.4, 0.5) is 4.79 Å². The Morgan fingerprint density at radius 2 is 2.00 bits per heavy atom. The van der Waals surface area contributed by atoms with Gasteiger partial charge >= 0.3 is 6.09 Å². The van der Waals surface area contributed by atoms with Crippen LogP contribution in [-0.2, 0) is 9.53 Å². The van der Waals surface area contributed by atoms with Crippen LogP contribution in [0.25, 0.3) is 0 Å². The van der Waals surface area contributed by atoms with Gasteiger partial charge in [-0.05, 0) is 37.5 Å². The van der Waals surface area contributed by atoms with Gasteiger partial charge in [0.25, 0.3) is 5.91 Å². The normalized spacial score (nSPS) is 29.4. The zero-order chi connectivity index (χ0) is 14.4. The van der Waals surface area contributed by atoms with Crippen molar-refractivity contribution in [3.8, 4) is 0 Å². The minimum absolute atomic E-state index is 0.0192. The number of piperazine rings is 1. The maximum Gasteiger partial charge on any atom is 0.417 e. The molecule has 2 amide bonds. The highest BCUT2D eigenvalue weighted by atomic mass is 16.6. The van der Waals surface area contributed by atoms with E-state index < -0.39 is 12.1 Å². The summed E-state index contributed by atoms with van der Waals surface area (Å²) >= 11 is 0. The van der Waals surface area contributed by atoms with Gasteiger partial charge in [-0.2, -0.15) is 0 Å². The number of hydrogen-bond acceptors (Lipinski definition) is 4. The summed E-state index contributed by atoms with van der Waals surface area (Å²) in [6.45, 7) is 6.30. The fraction of sp³-hybridized carbons (Fsp3) is 0.467. The van der Waals surface area contributed by atoms with Crippen LogP contribution in [0.5, 0.6) is 0 Å². The number of ether oxygens (including phenoxy) is 1. The average Bonchev–Trinajstić information content (AvgIpc) is 2.80. The summed E-state index contributed by atoms with van der Waals surface area (Å²) < 4.78 is 4.99. The summed E-state index contributed by atoms with van der Waals surface area (Å²) in [5.74, 6) is -0.223. The number of hydrogen-bond donors (Lipinski definition) is 1. The topological polar surface area (TPSA) is 58.6 Å². The molecule has 0 bridgehead atoms.